The van der Waals surface area contributed by atoms with E-state index in [1.807, 2.05) is 84.0 Å². The standard InChI is InChI=1S/C35H31ClN4O/c1-39(24-26-17-19-37-20-18-26)31-13-15-32(16-14-31)40-34(41)21-28-9-12-30(38-23-25-5-3-2-4-6-25)22-33(28)35(40)27-7-10-29(36)11-8-27/h2-20,22,35,38H,21,23-24H2,1H3. The van der Waals surface area contributed by atoms with Gasteiger partial charge in [0.2, 0.25) is 5.91 Å². The molecule has 0 saturated carbocycles. The Labute approximate surface area is 246 Å². The van der Waals surface area contributed by atoms with E-state index in [1.165, 1.54) is 11.1 Å². The number of pyridine rings is 1. The Morgan fingerprint density at radius 3 is 2.34 bits per heavy atom. The zero-order valence-electron chi connectivity index (χ0n) is 22.9. The first-order valence-corrected chi connectivity index (χ1v) is 14.1. The average Bonchev–Trinajstić information content (AvgIpc) is 3.01. The van der Waals surface area contributed by atoms with Crippen LogP contribution in [-0.2, 0) is 24.3 Å². The molecule has 1 aliphatic heterocycles. The minimum atomic E-state index is -0.276. The van der Waals surface area contributed by atoms with Crippen molar-refractivity contribution < 1.29 is 4.79 Å². The highest BCUT2D eigenvalue weighted by Crippen LogP contribution is 2.41. The number of hydrogen-bond donors (Lipinski definition) is 1. The van der Waals surface area contributed by atoms with Gasteiger partial charge in [0.25, 0.3) is 0 Å². The first-order valence-electron chi connectivity index (χ1n) is 13.7. The minimum absolute atomic E-state index is 0.0698. The summed E-state index contributed by atoms with van der Waals surface area (Å²) >= 11 is 6.26. The number of amides is 1. The van der Waals surface area contributed by atoms with E-state index in [-0.39, 0.29) is 11.9 Å². The summed E-state index contributed by atoms with van der Waals surface area (Å²) in [4.78, 5) is 22.0. The van der Waals surface area contributed by atoms with Crippen molar-refractivity contribution in [1.82, 2.24) is 4.98 Å². The van der Waals surface area contributed by atoms with Crippen LogP contribution in [0.3, 0.4) is 0 Å². The normalized spacial score (nSPS) is 14.4. The Morgan fingerprint density at radius 1 is 0.878 bits per heavy atom. The van der Waals surface area contributed by atoms with Gasteiger partial charge in [0.05, 0.1) is 12.5 Å². The maximum absolute atomic E-state index is 13.7. The molecular formula is C35H31ClN4O. The van der Waals surface area contributed by atoms with Crippen LogP contribution in [-0.4, -0.2) is 17.9 Å². The molecule has 2 heterocycles. The molecule has 6 heteroatoms. The smallest absolute Gasteiger partial charge is 0.232 e. The summed E-state index contributed by atoms with van der Waals surface area (Å²) in [6, 6.07) is 36.5. The molecule has 0 spiro atoms. The van der Waals surface area contributed by atoms with E-state index in [4.69, 9.17) is 11.6 Å². The topological polar surface area (TPSA) is 48.5 Å². The predicted molar refractivity (Wildman–Crippen MR) is 167 cm³/mol. The van der Waals surface area contributed by atoms with Gasteiger partial charge in [-0.25, -0.2) is 0 Å². The van der Waals surface area contributed by atoms with Gasteiger partial charge in [-0.3, -0.25) is 9.78 Å². The fraction of sp³-hybridized carbons (Fsp3) is 0.143. The van der Waals surface area contributed by atoms with Gasteiger partial charge in [-0.1, -0.05) is 60.1 Å². The van der Waals surface area contributed by atoms with Gasteiger partial charge >= 0.3 is 0 Å². The number of rotatable bonds is 8. The second kappa shape index (κ2) is 11.9. The molecule has 5 nitrogen and oxygen atoms in total. The maximum atomic E-state index is 13.7. The quantitative estimate of drug-likeness (QED) is 0.212. The summed E-state index contributed by atoms with van der Waals surface area (Å²) in [6.07, 6.45) is 3.97. The predicted octanol–water partition coefficient (Wildman–Crippen LogP) is 7.66. The molecule has 0 radical (unpaired) electrons. The van der Waals surface area contributed by atoms with E-state index < -0.39 is 0 Å². The van der Waals surface area contributed by atoms with Crippen LogP contribution in [0.1, 0.15) is 33.9 Å². The zero-order chi connectivity index (χ0) is 28.2. The highest BCUT2D eigenvalue weighted by atomic mass is 35.5. The minimum Gasteiger partial charge on any atom is -0.381 e. The molecule has 41 heavy (non-hydrogen) atoms. The van der Waals surface area contributed by atoms with Crippen LogP contribution in [0.4, 0.5) is 17.1 Å². The number of carbonyl (C=O) groups is 1. The number of nitrogens with one attached hydrogen (secondary N) is 1. The molecule has 5 aromatic rings. The highest BCUT2D eigenvalue weighted by molar-refractivity contribution is 6.30. The Balaban J connectivity index is 1.32. The lowest BCUT2D eigenvalue weighted by atomic mass is 9.87. The number of hydrogen-bond acceptors (Lipinski definition) is 4. The van der Waals surface area contributed by atoms with E-state index >= 15 is 0 Å². The molecule has 1 atom stereocenters. The van der Waals surface area contributed by atoms with Crippen LogP contribution in [0.15, 0.2) is 122 Å². The third-order valence-electron chi connectivity index (χ3n) is 7.57. The third kappa shape index (κ3) is 5.96. The van der Waals surface area contributed by atoms with Gasteiger partial charge in [0.15, 0.2) is 0 Å². The van der Waals surface area contributed by atoms with Gasteiger partial charge in [-0.15, -0.1) is 0 Å². The summed E-state index contributed by atoms with van der Waals surface area (Å²) in [5.74, 6) is 0.0698. The maximum Gasteiger partial charge on any atom is 0.232 e. The number of carbonyl (C=O) groups excluding carboxylic acids is 1. The molecule has 1 aromatic heterocycles. The van der Waals surface area contributed by atoms with Crippen LogP contribution in [0.2, 0.25) is 5.02 Å². The molecule has 0 bridgehead atoms. The summed E-state index contributed by atoms with van der Waals surface area (Å²) in [6.45, 7) is 1.49. The van der Waals surface area contributed by atoms with Crippen molar-refractivity contribution in [2.75, 3.05) is 22.2 Å². The van der Waals surface area contributed by atoms with Crippen molar-refractivity contribution in [3.63, 3.8) is 0 Å². The first-order chi connectivity index (χ1) is 20.0. The van der Waals surface area contributed by atoms with Gasteiger partial charge in [0.1, 0.15) is 0 Å². The summed E-state index contributed by atoms with van der Waals surface area (Å²) in [5.41, 5.74) is 8.54. The van der Waals surface area contributed by atoms with Crippen molar-refractivity contribution in [2.45, 2.75) is 25.6 Å². The Kier molecular flexibility index (Phi) is 7.70. The summed E-state index contributed by atoms with van der Waals surface area (Å²) in [5, 5.41) is 4.23. The van der Waals surface area contributed by atoms with Crippen molar-refractivity contribution in [2.24, 2.45) is 0 Å². The Morgan fingerprint density at radius 2 is 1.61 bits per heavy atom. The van der Waals surface area contributed by atoms with Crippen LogP contribution in [0.25, 0.3) is 0 Å². The van der Waals surface area contributed by atoms with Gasteiger partial charge < -0.3 is 15.1 Å². The van der Waals surface area contributed by atoms with E-state index in [2.05, 4.69) is 64.7 Å². The molecule has 4 aromatic carbocycles. The molecule has 1 unspecified atom stereocenters. The second-order valence-corrected chi connectivity index (χ2v) is 10.8. The van der Waals surface area contributed by atoms with E-state index in [9.17, 15) is 4.79 Å². The summed E-state index contributed by atoms with van der Waals surface area (Å²) < 4.78 is 0. The number of benzene rings is 4. The number of anilines is 3. The molecule has 1 amide bonds. The fourth-order valence-corrected chi connectivity index (χ4v) is 5.57. The largest absolute Gasteiger partial charge is 0.381 e. The Bertz CT molecular complexity index is 1620. The highest BCUT2D eigenvalue weighted by Gasteiger charge is 2.35. The molecule has 204 valence electrons. The summed E-state index contributed by atoms with van der Waals surface area (Å²) in [7, 11) is 2.07. The van der Waals surface area contributed by atoms with Gasteiger partial charge in [-0.05, 0) is 88.5 Å². The van der Waals surface area contributed by atoms with Crippen molar-refractivity contribution >= 4 is 34.6 Å². The molecule has 1 aliphatic rings. The Hall–Kier alpha value is -4.61. The van der Waals surface area contributed by atoms with Crippen molar-refractivity contribution in [3.05, 3.63) is 154 Å². The average molecular weight is 559 g/mol. The van der Waals surface area contributed by atoms with Crippen LogP contribution in [0.5, 0.6) is 0 Å². The third-order valence-corrected chi connectivity index (χ3v) is 7.82. The monoisotopic (exact) mass is 558 g/mol. The van der Waals surface area contributed by atoms with Crippen LogP contribution < -0.4 is 15.1 Å². The SMILES string of the molecule is CN(Cc1ccncc1)c1ccc(N2C(=O)Cc3ccc(NCc4ccccc4)cc3C2c2ccc(Cl)cc2)cc1. The van der Waals surface area contributed by atoms with E-state index in [1.54, 1.807) is 0 Å². The second-order valence-electron chi connectivity index (χ2n) is 10.4. The lowest BCUT2D eigenvalue weighted by Gasteiger charge is -2.38. The van der Waals surface area contributed by atoms with E-state index in [0.29, 0.717) is 11.4 Å². The van der Waals surface area contributed by atoms with Crippen molar-refractivity contribution in [1.29, 1.82) is 0 Å². The van der Waals surface area contributed by atoms with Crippen LogP contribution >= 0.6 is 11.6 Å². The fourth-order valence-electron chi connectivity index (χ4n) is 5.44. The first kappa shape index (κ1) is 26.6. The van der Waals surface area contributed by atoms with Crippen LogP contribution in [0, 0.1) is 0 Å². The van der Waals surface area contributed by atoms with Gasteiger partial charge in [0, 0.05) is 54.6 Å². The van der Waals surface area contributed by atoms with E-state index in [0.717, 1.165) is 46.8 Å². The molecule has 0 aliphatic carbocycles. The number of aromatic nitrogens is 1. The number of fused-ring (bicyclic) bond motifs is 1. The zero-order valence-corrected chi connectivity index (χ0v) is 23.6. The lowest BCUT2D eigenvalue weighted by molar-refractivity contribution is -0.118. The molecular weight excluding hydrogens is 528 g/mol. The molecule has 1 N–H and O–H groups in total. The number of nitrogens with zero attached hydrogens (tertiary/aromatic N) is 3. The van der Waals surface area contributed by atoms with Crippen molar-refractivity contribution in [3.8, 4) is 0 Å². The molecule has 6 rings (SSSR count). The number of halogens is 1. The van der Waals surface area contributed by atoms with Gasteiger partial charge in [-0.2, -0.15) is 0 Å². The lowest BCUT2D eigenvalue weighted by Crippen LogP contribution is -2.41. The molecule has 0 fully saturated rings. The molecule has 0 saturated heterocycles.